The van der Waals surface area contributed by atoms with E-state index in [0.29, 0.717) is 26.3 Å². The van der Waals surface area contributed by atoms with E-state index in [1.165, 1.54) is 12.1 Å². The summed E-state index contributed by atoms with van der Waals surface area (Å²) in [5, 5.41) is 0. The monoisotopic (exact) mass is 301 g/mol. The predicted molar refractivity (Wildman–Crippen MR) is 74.1 cm³/mol. The first-order valence-electron chi connectivity index (χ1n) is 6.73. The quantitative estimate of drug-likeness (QED) is 0.686. The maximum Gasteiger partial charge on any atom is 0.397 e. The molecule has 2 rings (SSSR count). The third-order valence-corrected chi connectivity index (χ3v) is 3.37. The van der Waals surface area contributed by atoms with Crippen LogP contribution >= 0.6 is 0 Å². The number of benzene rings is 1. The summed E-state index contributed by atoms with van der Waals surface area (Å²) in [5.41, 5.74) is 5.97. The van der Waals surface area contributed by atoms with Gasteiger partial charge < -0.3 is 15.4 Å². The Hall–Kier alpha value is -1.76. The zero-order valence-electron chi connectivity index (χ0n) is 11.5. The summed E-state index contributed by atoms with van der Waals surface area (Å²) >= 11 is 0. The average Bonchev–Trinajstić information content (AvgIpc) is 2.48. The largest absolute Gasteiger partial charge is 0.397 e. The van der Waals surface area contributed by atoms with Crippen molar-refractivity contribution in [1.82, 2.24) is 4.90 Å². The summed E-state index contributed by atoms with van der Waals surface area (Å²) in [5.74, 6) is -1.50. The summed E-state index contributed by atoms with van der Waals surface area (Å²) in [6, 6.07) is 7.77. The molecule has 21 heavy (non-hydrogen) atoms. The minimum absolute atomic E-state index is 0.142. The number of nitrogens with two attached hydrogens (primary N) is 1. The van der Waals surface area contributed by atoms with Crippen molar-refractivity contribution in [3.8, 4) is 0 Å². The van der Waals surface area contributed by atoms with Gasteiger partial charge in [0, 0.05) is 13.1 Å². The van der Waals surface area contributed by atoms with E-state index in [0.717, 1.165) is 0 Å². The van der Waals surface area contributed by atoms with E-state index in [9.17, 15) is 13.2 Å². The molecule has 4 nitrogen and oxygen atoms in total. The van der Waals surface area contributed by atoms with Crippen molar-refractivity contribution >= 4 is 5.96 Å². The van der Waals surface area contributed by atoms with Crippen molar-refractivity contribution in [3.05, 3.63) is 35.9 Å². The maximum atomic E-state index is 13.2. The molecule has 116 valence electrons. The summed E-state index contributed by atoms with van der Waals surface area (Å²) in [6.45, 7) is 1.72. The Kier molecular flexibility index (Phi) is 5.06. The highest BCUT2D eigenvalue weighted by atomic mass is 19.4. The second-order valence-electron chi connectivity index (χ2n) is 4.80. The van der Waals surface area contributed by atoms with Crippen molar-refractivity contribution in [1.29, 1.82) is 0 Å². The standard InChI is InChI=1S/C14H18F3N3O/c15-14(16,17)12(11-4-2-1-3-5-11)10-19-13(18)20-6-8-21-9-7-20/h1-5,12H,6-10H2,(H2,18,19)/t12-/m0/s1. The fraction of sp³-hybridized carbons (Fsp3) is 0.500. The fourth-order valence-corrected chi connectivity index (χ4v) is 2.16. The zero-order chi connectivity index (χ0) is 15.3. The van der Waals surface area contributed by atoms with Crippen LogP contribution in [0.25, 0.3) is 0 Å². The Morgan fingerprint density at radius 2 is 1.86 bits per heavy atom. The molecule has 2 N–H and O–H groups in total. The molecule has 1 aromatic rings. The van der Waals surface area contributed by atoms with Gasteiger partial charge in [0.05, 0.1) is 25.7 Å². The molecule has 0 radical (unpaired) electrons. The summed E-state index contributed by atoms with van der Waals surface area (Å²) in [7, 11) is 0. The van der Waals surface area contributed by atoms with Gasteiger partial charge in [-0.3, -0.25) is 4.99 Å². The van der Waals surface area contributed by atoms with Crippen LogP contribution in [0.5, 0.6) is 0 Å². The Labute approximate surface area is 121 Å². The molecule has 0 unspecified atom stereocenters. The number of alkyl halides is 3. The lowest BCUT2D eigenvalue weighted by Gasteiger charge is -2.28. The molecule has 0 aromatic heterocycles. The molecule has 1 aromatic carbocycles. The van der Waals surface area contributed by atoms with Crippen LogP contribution in [0, 0.1) is 0 Å². The number of morpholine rings is 1. The van der Waals surface area contributed by atoms with Crippen molar-refractivity contribution in [2.45, 2.75) is 12.1 Å². The van der Waals surface area contributed by atoms with E-state index >= 15 is 0 Å². The van der Waals surface area contributed by atoms with Crippen LogP contribution in [0.4, 0.5) is 13.2 Å². The van der Waals surface area contributed by atoms with E-state index in [-0.39, 0.29) is 11.5 Å². The number of hydrogen-bond donors (Lipinski definition) is 1. The number of guanidine groups is 1. The third kappa shape index (κ3) is 4.35. The minimum Gasteiger partial charge on any atom is -0.378 e. The van der Waals surface area contributed by atoms with Gasteiger partial charge in [0.2, 0.25) is 0 Å². The van der Waals surface area contributed by atoms with Gasteiger partial charge in [-0.2, -0.15) is 13.2 Å². The number of rotatable bonds is 3. The normalized spacial score (nSPS) is 18.6. The molecule has 1 saturated heterocycles. The molecule has 1 heterocycles. The Morgan fingerprint density at radius 3 is 2.43 bits per heavy atom. The van der Waals surface area contributed by atoms with Crippen molar-refractivity contribution < 1.29 is 17.9 Å². The molecule has 1 aliphatic rings. The highest BCUT2D eigenvalue weighted by molar-refractivity contribution is 5.78. The van der Waals surface area contributed by atoms with Crippen LogP contribution < -0.4 is 5.73 Å². The molecule has 1 fully saturated rings. The molecular formula is C14H18F3N3O. The zero-order valence-corrected chi connectivity index (χ0v) is 11.5. The van der Waals surface area contributed by atoms with E-state index < -0.39 is 18.6 Å². The predicted octanol–water partition coefficient (Wildman–Crippen LogP) is 1.98. The van der Waals surface area contributed by atoms with Gasteiger partial charge in [0.1, 0.15) is 0 Å². The third-order valence-electron chi connectivity index (χ3n) is 3.37. The van der Waals surface area contributed by atoms with Crippen LogP contribution in [-0.4, -0.2) is 49.9 Å². The van der Waals surface area contributed by atoms with E-state index in [1.807, 2.05) is 0 Å². The van der Waals surface area contributed by atoms with Crippen LogP contribution in [0.3, 0.4) is 0 Å². The molecule has 0 aliphatic carbocycles. The van der Waals surface area contributed by atoms with Crippen LogP contribution in [0.2, 0.25) is 0 Å². The fourth-order valence-electron chi connectivity index (χ4n) is 2.16. The average molecular weight is 301 g/mol. The lowest BCUT2D eigenvalue weighted by Crippen LogP contribution is -2.45. The molecule has 0 amide bonds. The van der Waals surface area contributed by atoms with Crippen LogP contribution in [0.15, 0.2) is 35.3 Å². The first kappa shape index (κ1) is 15.6. The second-order valence-corrected chi connectivity index (χ2v) is 4.80. The summed E-state index contributed by atoms with van der Waals surface area (Å²) in [4.78, 5) is 5.67. The molecule has 1 aliphatic heterocycles. The van der Waals surface area contributed by atoms with Crippen LogP contribution in [0.1, 0.15) is 11.5 Å². The Bertz CT molecular complexity index is 470. The summed E-state index contributed by atoms with van der Waals surface area (Å²) < 4.78 is 44.6. The lowest BCUT2D eigenvalue weighted by molar-refractivity contribution is -0.148. The Balaban J connectivity index is 2.09. The first-order chi connectivity index (χ1) is 9.98. The van der Waals surface area contributed by atoms with Gasteiger partial charge in [-0.25, -0.2) is 0 Å². The van der Waals surface area contributed by atoms with E-state index in [2.05, 4.69) is 4.99 Å². The van der Waals surface area contributed by atoms with E-state index in [4.69, 9.17) is 10.5 Å². The van der Waals surface area contributed by atoms with Gasteiger partial charge in [0.15, 0.2) is 5.96 Å². The van der Waals surface area contributed by atoms with Gasteiger partial charge in [-0.1, -0.05) is 30.3 Å². The Morgan fingerprint density at radius 1 is 1.24 bits per heavy atom. The van der Waals surface area contributed by atoms with Gasteiger partial charge in [-0.05, 0) is 5.56 Å². The minimum atomic E-state index is -4.35. The highest BCUT2D eigenvalue weighted by Crippen LogP contribution is 2.34. The van der Waals surface area contributed by atoms with Crippen LogP contribution in [-0.2, 0) is 4.74 Å². The smallest absolute Gasteiger partial charge is 0.378 e. The topological polar surface area (TPSA) is 50.8 Å². The lowest BCUT2D eigenvalue weighted by atomic mass is 9.99. The molecule has 0 spiro atoms. The summed E-state index contributed by atoms with van der Waals surface area (Å²) in [6.07, 6.45) is -4.35. The van der Waals surface area contributed by atoms with Crippen molar-refractivity contribution in [3.63, 3.8) is 0 Å². The number of halogens is 3. The molecular weight excluding hydrogens is 283 g/mol. The van der Waals surface area contributed by atoms with Crippen molar-refractivity contribution in [2.75, 3.05) is 32.8 Å². The highest BCUT2D eigenvalue weighted by Gasteiger charge is 2.40. The van der Waals surface area contributed by atoms with E-state index in [1.54, 1.807) is 23.1 Å². The number of ether oxygens (including phenoxy) is 1. The number of aliphatic imine (C=N–C) groups is 1. The number of nitrogens with zero attached hydrogens (tertiary/aromatic N) is 2. The van der Waals surface area contributed by atoms with Crippen molar-refractivity contribution in [2.24, 2.45) is 10.7 Å². The van der Waals surface area contributed by atoms with Gasteiger partial charge in [-0.15, -0.1) is 0 Å². The van der Waals surface area contributed by atoms with Gasteiger partial charge in [0.25, 0.3) is 0 Å². The molecule has 1 atom stereocenters. The first-order valence-corrected chi connectivity index (χ1v) is 6.73. The second kappa shape index (κ2) is 6.80. The molecule has 7 heteroatoms. The SMILES string of the molecule is NC(=NC[C@@H](c1ccccc1)C(F)(F)F)N1CCOCC1. The van der Waals surface area contributed by atoms with Gasteiger partial charge >= 0.3 is 6.18 Å². The molecule has 0 bridgehead atoms. The number of hydrogen-bond acceptors (Lipinski definition) is 2. The molecule has 0 saturated carbocycles. The maximum absolute atomic E-state index is 13.2.